The van der Waals surface area contributed by atoms with E-state index in [0.29, 0.717) is 31.9 Å². The number of nitrogens with zero attached hydrogens (tertiary/aromatic N) is 2. The lowest BCUT2D eigenvalue weighted by molar-refractivity contribution is -0.131. The predicted octanol–water partition coefficient (Wildman–Crippen LogP) is 0.602. The largest absolute Gasteiger partial charge is 0.368 e. The van der Waals surface area contributed by atoms with Crippen LogP contribution in [0.2, 0.25) is 0 Å². The molecule has 0 aromatic heterocycles. The maximum Gasteiger partial charge on any atom is 0.322 e. The Morgan fingerprint density at radius 2 is 1.72 bits per heavy atom. The minimum atomic E-state index is -0.673. The van der Waals surface area contributed by atoms with Gasteiger partial charge >= 0.3 is 6.03 Å². The Bertz CT molecular complexity index is 684. The Labute approximate surface area is 143 Å². The van der Waals surface area contributed by atoms with E-state index in [0.717, 1.165) is 6.07 Å². The Morgan fingerprint density at radius 3 is 2.28 bits per heavy atom. The molecule has 0 saturated carbocycles. The maximum absolute atomic E-state index is 13.3. The summed E-state index contributed by atoms with van der Waals surface area (Å²) in [6.07, 6.45) is 0.388. The average molecular weight is 352 g/mol. The highest BCUT2D eigenvalue weighted by molar-refractivity contribution is 6.04. The number of benzene rings is 1. The zero-order chi connectivity index (χ0) is 18.0. The van der Waals surface area contributed by atoms with Crippen molar-refractivity contribution in [2.75, 3.05) is 31.1 Å². The monoisotopic (exact) mass is 352 g/mol. The maximum atomic E-state index is 13.3. The molecule has 9 heteroatoms. The molecule has 7 nitrogen and oxygen atoms in total. The SMILES string of the molecule is O=C1NC(=O)C(CCC(=O)N2CCN(c3cc(F)cc(F)c3)CC2)N1. The zero-order valence-electron chi connectivity index (χ0n) is 13.4. The first-order valence-corrected chi connectivity index (χ1v) is 8.02. The van der Waals surface area contributed by atoms with Gasteiger partial charge in [0.25, 0.3) is 5.91 Å². The molecule has 0 bridgehead atoms. The van der Waals surface area contributed by atoms with Crippen molar-refractivity contribution in [3.05, 3.63) is 29.8 Å². The van der Waals surface area contributed by atoms with Gasteiger partial charge in [-0.3, -0.25) is 14.9 Å². The molecule has 25 heavy (non-hydrogen) atoms. The van der Waals surface area contributed by atoms with Gasteiger partial charge in [-0.25, -0.2) is 13.6 Å². The summed E-state index contributed by atoms with van der Waals surface area (Å²) in [7, 11) is 0. The van der Waals surface area contributed by atoms with E-state index in [4.69, 9.17) is 0 Å². The van der Waals surface area contributed by atoms with Crippen LogP contribution in [0.25, 0.3) is 0 Å². The summed E-state index contributed by atoms with van der Waals surface area (Å²) in [5, 5.41) is 4.57. The summed E-state index contributed by atoms with van der Waals surface area (Å²) >= 11 is 0. The van der Waals surface area contributed by atoms with Gasteiger partial charge in [0, 0.05) is 44.4 Å². The first-order chi connectivity index (χ1) is 11.9. The third-order valence-corrected chi connectivity index (χ3v) is 4.35. The second-order valence-electron chi connectivity index (χ2n) is 6.05. The van der Waals surface area contributed by atoms with Crippen molar-refractivity contribution in [1.29, 1.82) is 0 Å². The standard InChI is InChI=1S/C16H18F2N4O3/c17-10-7-11(18)9-12(8-10)21-3-5-22(6-4-21)14(23)2-1-13-15(24)20-16(25)19-13/h7-9,13H,1-6H2,(H2,19,20,24,25). The summed E-state index contributed by atoms with van der Waals surface area (Å²) < 4.78 is 26.6. The second kappa shape index (κ2) is 7.04. The van der Waals surface area contributed by atoms with Gasteiger partial charge < -0.3 is 15.1 Å². The molecule has 0 radical (unpaired) electrons. The van der Waals surface area contributed by atoms with Gasteiger partial charge in [0.1, 0.15) is 17.7 Å². The molecule has 0 aliphatic carbocycles. The van der Waals surface area contributed by atoms with Crippen LogP contribution in [0.5, 0.6) is 0 Å². The van der Waals surface area contributed by atoms with Gasteiger partial charge in [-0.05, 0) is 18.6 Å². The van der Waals surface area contributed by atoms with Gasteiger partial charge in [0.15, 0.2) is 0 Å². The van der Waals surface area contributed by atoms with Crippen molar-refractivity contribution >= 4 is 23.5 Å². The highest BCUT2D eigenvalue weighted by atomic mass is 19.1. The van der Waals surface area contributed by atoms with E-state index < -0.39 is 29.6 Å². The average Bonchev–Trinajstić information content (AvgIpc) is 2.89. The third kappa shape index (κ3) is 4.04. The topological polar surface area (TPSA) is 81.8 Å². The van der Waals surface area contributed by atoms with E-state index in [-0.39, 0.29) is 18.7 Å². The molecule has 0 spiro atoms. The van der Waals surface area contributed by atoms with Gasteiger partial charge in [0.05, 0.1) is 0 Å². The number of rotatable bonds is 4. The zero-order valence-corrected chi connectivity index (χ0v) is 13.4. The van der Waals surface area contributed by atoms with Crippen LogP contribution in [-0.4, -0.2) is 55.0 Å². The molecule has 2 heterocycles. The molecular weight excluding hydrogens is 334 g/mol. The van der Waals surface area contributed by atoms with E-state index in [1.807, 2.05) is 4.90 Å². The van der Waals surface area contributed by atoms with Gasteiger partial charge in [-0.15, -0.1) is 0 Å². The second-order valence-corrected chi connectivity index (χ2v) is 6.05. The van der Waals surface area contributed by atoms with Crippen LogP contribution in [0.3, 0.4) is 0 Å². The number of imide groups is 1. The lowest BCUT2D eigenvalue weighted by Gasteiger charge is -2.36. The molecule has 4 amide bonds. The number of urea groups is 1. The first kappa shape index (κ1) is 17.1. The fourth-order valence-electron chi connectivity index (χ4n) is 3.02. The van der Waals surface area contributed by atoms with Crippen molar-refractivity contribution in [3.8, 4) is 0 Å². The fraction of sp³-hybridized carbons (Fsp3) is 0.438. The Balaban J connectivity index is 1.49. The smallest absolute Gasteiger partial charge is 0.322 e. The van der Waals surface area contributed by atoms with E-state index in [9.17, 15) is 23.2 Å². The van der Waals surface area contributed by atoms with Crippen molar-refractivity contribution < 1.29 is 23.2 Å². The molecule has 1 aromatic rings. The lowest BCUT2D eigenvalue weighted by Crippen LogP contribution is -2.49. The molecule has 1 atom stereocenters. The van der Waals surface area contributed by atoms with Gasteiger partial charge in [-0.2, -0.15) is 0 Å². The summed E-state index contributed by atoms with van der Waals surface area (Å²) in [5.74, 6) is -1.80. The highest BCUT2D eigenvalue weighted by Gasteiger charge is 2.30. The van der Waals surface area contributed by atoms with Gasteiger partial charge in [-0.1, -0.05) is 0 Å². The molecule has 2 fully saturated rings. The Kier molecular flexibility index (Phi) is 4.82. The van der Waals surface area contributed by atoms with Crippen molar-refractivity contribution in [2.45, 2.75) is 18.9 Å². The van der Waals surface area contributed by atoms with E-state index >= 15 is 0 Å². The minimum Gasteiger partial charge on any atom is -0.368 e. The summed E-state index contributed by atoms with van der Waals surface area (Å²) in [4.78, 5) is 38.2. The molecule has 2 aliphatic heterocycles. The van der Waals surface area contributed by atoms with Crippen LogP contribution in [-0.2, 0) is 9.59 Å². The number of carbonyl (C=O) groups excluding carboxylic acids is 3. The van der Waals surface area contributed by atoms with Crippen molar-refractivity contribution in [2.24, 2.45) is 0 Å². The number of hydrogen-bond donors (Lipinski definition) is 2. The van der Waals surface area contributed by atoms with Crippen LogP contribution in [0, 0.1) is 11.6 Å². The number of nitrogens with one attached hydrogen (secondary N) is 2. The van der Waals surface area contributed by atoms with E-state index in [2.05, 4.69) is 10.6 Å². The van der Waals surface area contributed by atoms with Crippen LogP contribution < -0.4 is 15.5 Å². The highest BCUT2D eigenvalue weighted by Crippen LogP contribution is 2.20. The number of hydrogen-bond acceptors (Lipinski definition) is 4. The molecule has 2 saturated heterocycles. The van der Waals surface area contributed by atoms with Gasteiger partial charge in [0.2, 0.25) is 5.91 Å². The quantitative estimate of drug-likeness (QED) is 0.778. The molecular formula is C16H18F2N4O3. The van der Waals surface area contributed by atoms with E-state index in [1.54, 1.807) is 4.90 Å². The summed E-state index contributed by atoms with van der Waals surface area (Å²) in [6, 6.07) is 2.14. The molecule has 134 valence electrons. The number of piperazine rings is 1. The molecule has 1 aromatic carbocycles. The van der Waals surface area contributed by atoms with Crippen LogP contribution in [0.15, 0.2) is 18.2 Å². The van der Waals surface area contributed by atoms with Crippen molar-refractivity contribution in [3.63, 3.8) is 0 Å². The predicted molar refractivity (Wildman–Crippen MR) is 84.8 cm³/mol. The molecule has 1 unspecified atom stereocenters. The first-order valence-electron chi connectivity index (χ1n) is 8.02. The third-order valence-electron chi connectivity index (χ3n) is 4.35. The van der Waals surface area contributed by atoms with Crippen LogP contribution in [0.1, 0.15) is 12.8 Å². The fourth-order valence-corrected chi connectivity index (χ4v) is 3.02. The Hall–Kier alpha value is -2.71. The number of anilines is 1. The van der Waals surface area contributed by atoms with Crippen LogP contribution >= 0.6 is 0 Å². The molecule has 2 aliphatic rings. The number of halogens is 2. The van der Waals surface area contributed by atoms with E-state index in [1.165, 1.54) is 12.1 Å². The normalized spacial score (nSPS) is 20.5. The van der Waals surface area contributed by atoms with Crippen LogP contribution in [0.4, 0.5) is 19.3 Å². The lowest BCUT2D eigenvalue weighted by atomic mass is 10.1. The Morgan fingerprint density at radius 1 is 1.08 bits per heavy atom. The molecule has 3 rings (SSSR count). The summed E-state index contributed by atoms with van der Waals surface area (Å²) in [6.45, 7) is 1.80. The summed E-state index contributed by atoms with van der Waals surface area (Å²) in [5.41, 5.74) is 0.454. The number of amides is 4. The van der Waals surface area contributed by atoms with Crippen molar-refractivity contribution in [1.82, 2.24) is 15.5 Å². The minimum absolute atomic E-state index is 0.112. The number of carbonyl (C=O) groups is 3. The molecule has 2 N–H and O–H groups in total.